The number of carbonyl (C=O) groups excluding carboxylic acids is 2. The number of nitrogens with one attached hydrogen (secondary N) is 2. The van der Waals surface area contributed by atoms with Crippen molar-refractivity contribution in [2.24, 2.45) is 0 Å². The van der Waals surface area contributed by atoms with Crippen LogP contribution >= 0.6 is 0 Å². The summed E-state index contributed by atoms with van der Waals surface area (Å²) in [6, 6.07) is 8.12. The minimum atomic E-state index is -4.33. The summed E-state index contributed by atoms with van der Waals surface area (Å²) in [6.45, 7) is 1.13. The number of ether oxygens (including phenoxy) is 1. The van der Waals surface area contributed by atoms with Crippen LogP contribution in [0.2, 0.25) is 0 Å². The number of methoxy groups -OCH3 is 1. The Hall–Kier alpha value is -3.61. The number of nitrogens with zero attached hydrogens (tertiary/aromatic N) is 2. The summed E-state index contributed by atoms with van der Waals surface area (Å²) >= 11 is 0. The van der Waals surface area contributed by atoms with Gasteiger partial charge < -0.3 is 14.6 Å². The molecule has 38 heavy (non-hydrogen) atoms. The number of Topliss-reactive ketones (excluding diaryl/α,β-unsaturated/α-hetero) is 1. The number of hydrogen-bond acceptors (Lipinski definition) is 7. The van der Waals surface area contributed by atoms with E-state index in [4.69, 9.17) is 4.74 Å². The molecule has 12 heteroatoms. The number of amides is 1. The van der Waals surface area contributed by atoms with Crippen LogP contribution in [-0.2, 0) is 26.0 Å². The average Bonchev–Trinajstić information content (AvgIpc) is 3.17. The van der Waals surface area contributed by atoms with E-state index in [1.807, 2.05) is 23.2 Å². The maximum atomic E-state index is 13.6. The first-order valence-electron chi connectivity index (χ1n) is 12.5. The van der Waals surface area contributed by atoms with Gasteiger partial charge in [-0.05, 0) is 42.3 Å². The highest BCUT2D eigenvalue weighted by molar-refractivity contribution is 7.89. The predicted octanol–water partition coefficient (Wildman–Crippen LogP) is 1.57. The molecule has 0 aliphatic carbocycles. The Morgan fingerprint density at radius 3 is 2.71 bits per heavy atom. The van der Waals surface area contributed by atoms with Crippen molar-refractivity contribution in [1.82, 2.24) is 14.3 Å². The zero-order valence-electron chi connectivity index (χ0n) is 20.9. The molecule has 5 rings (SSSR count). The molecule has 1 aromatic heterocycles. The second kappa shape index (κ2) is 10.3. The quantitative estimate of drug-likeness (QED) is 0.391. The van der Waals surface area contributed by atoms with Gasteiger partial charge in [0.05, 0.1) is 11.7 Å². The number of sulfonamides is 1. The number of ketones is 1. The molecule has 1 saturated heterocycles. The first-order chi connectivity index (χ1) is 18.2. The monoisotopic (exact) mass is 540 g/mol. The number of carbonyl (C=O) groups is 2. The topological polar surface area (TPSA) is 150 Å². The van der Waals surface area contributed by atoms with E-state index in [9.17, 15) is 27.6 Å². The van der Waals surface area contributed by atoms with Crippen molar-refractivity contribution in [1.29, 1.82) is 0 Å². The molecule has 0 saturated carbocycles. The highest BCUT2D eigenvalue weighted by Gasteiger charge is 2.39. The molecule has 1 atom stereocenters. The molecule has 2 aliphatic rings. The third kappa shape index (κ3) is 4.48. The van der Waals surface area contributed by atoms with Gasteiger partial charge in [-0.2, -0.15) is 4.31 Å². The summed E-state index contributed by atoms with van der Waals surface area (Å²) in [5.74, 6) is -0.392. The number of anilines is 1. The zero-order valence-corrected chi connectivity index (χ0v) is 21.7. The summed E-state index contributed by atoms with van der Waals surface area (Å²) in [6.07, 6.45) is 3.06. The highest BCUT2D eigenvalue weighted by Crippen LogP contribution is 2.39. The molecule has 11 nitrogen and oxygen atoms in total. The van der Waals surface area contributed by atoms with Crippen LogP contribution in [0.3, 0.4) is 0 Å². The lowest BCUT2D eigenvalue weighted by molar-refractivity contribution is -0.122. The lowest BCUT2D eigenvalue weighted by atomic mass is 9.93. The van der Waals surface area contributed by atoms with Crippen molar-refractivity contribution in [2.45, 2.75) is 43.0 Å². The lowest BCUT2D eigenvalue weighted by Crippen LogP contribution is -2.49. The Kier molecular flexibility index (Phi) is 7.03. The van der Waals surface area contributed by atoms with Crippen molar-refractivity contribution < 1.29 is 22.7 Å². The number of aromatic amines is 2. The van der Waals surface area contributed by atoms with Crippen LogP contribution in [0.1, 0.15) is 41.6 Å². The molecule has 0 spiro atoms. The van der Waals surface area contributed by atoms with Crippen molar-refractivity contribution in [3.63, 3.8) is 0 Å². The van der Waals surface area contributed by atoms with Gasteiger partial charge in [-0.25, -0.2) is 13.2 Å². The van der Waals surface area contributed by atoms with Crippen molar-refractivity contribution >= 4 is 38.2 Å². The van der Waals surface area contributed by atoms with Gasteiger partial charge in [0.25, 0.3) is 21.5 Å². The van der Waals surface area contributed by atoms with Gasteiger partial charge >= 0.3 is 5.69 Å². The standard InChI is InChI=1S/C26H28N4O7S/c1-37-13-5-11-29-20-10-9-16(17-6-4-7-18(23(17)20)25(29)33)14-21(31)19-8-2-3-12-30(19)38(35,36)22-15-27-26(34)28-24(22)32/h4,6-7,9-10,15,19H,2-3,5,8,11-14H2,1H3,(H2,27,28,32,34). The van der Waals surface area contributed by atoms with E-state index < -0.39 is 32.2 Å². The maximum Gasteiger partial charge on any atom is 0.325 e. The smallest absolute Gasteiger partial charge is 0.325 e. The first-order valence-corrected chi connectivity index (χ1v) is 13.9. The van der Waals surface area contributed by atoms with Crippen LogP contribution in [0.4, 0.5) is 5.69 Å². The van der Waals surface area contributed by atoms with Gasteiger partial charge in [-0.3, -0.25) is 19.4 Å². The van der Waals surface area contributed by atoms with Crippen LogP contribution in [0.5, 0.6) is 0 Å². The molecule has 200 valence electrons. The van der Waals surface area contributed by atoms with Gasteiger partial charge in [0, 0.05) is 50.4 Å². The minimum absolute atomic E-state index is 0.0310. The van der Waals surface area contributed by atoms with Gasteiger partial charge in [0.2, 0.25) is 0 Å². The molecular weight excluding hydrogens is 512 g/mol. The van der Waals surface area contributed by atoms with E-state index in [1.54, 1.807) is 24.1 Å². The number of benzene rings is 2. The lowest BCUT2D eigenvalue weighted by Gasteiger charge is -2.33. The van der Waals surface area contributed by atoms with E-state index in [0.29, 0.717) is 50.0 Å². The number of piperidine rings is 1. The van der Waals surface area contributed by atoms with Crippen LogP contribution < -0.4 is 16.1 Å². The predicted molar refractivity (Wildman–Crippen MR) is 140 cm³/mol. The SMILES string of the molecule is COCCCN1C(=O)c2cccc3c(CC(=O)C4CCCCN4S(=O)(=O)c4c[nH]c(=O)[nH]c4=O)ccc1c23. The van der Waals surface area contributed by atoms with Crippen LogP contribution in [0, 0.1) is 0 Å². The van der Waals surface area contributed by atoms with E-state index in [1.165, 1.54) is 0 Å². The van der Waals surface area contributed by atoms with Gasteiger partial charge in [0.15, 0.2) is 10.7 Å². The minimum Gasteiger partial charge on any atom is -0.385 e. The first kappa shape index (κ1) is 26.0. The molecule has 1 amide bonds. The van der Waals surface area contributed by atoms with Crippen molar-refractivity contribution in [2.75, 3.05) is 31.7 Å². The van der Waals surface area contributed by atoms with Gasteiger partial charge in [-0.15, -0.1) is 0 Å². The Morgan fingerprint density at radius 2 is 1.95 bits per heavy atom. The molecule has 2 N–H and O–H groups in total. The fourth-order valence-electron chi connectivity index (χ4n) is 5.38. The third-order valence-corrected chi connectivity index (χ3v) is 9.08. The van der Waals surface area contributed by atoms with Crippen LogP contribution in [0.15, 0.2) is 51.0 Å². The Labute approximate surface area is 218 Å². The number of aromatic nitrogens is 2. The van der Waals surface area contributed by atoms with Crippen LogP contribution in [-0.4, -0.2) is 67.2 Å². The Balaban J connectivity index is 1.46. The normalized spacial score (nSPS) is 17.9. The third-order valence-electron chi connectivity index (χ3n) is 7.17. The average molecular weight is 541 g/mol. The molecule has 1 fully saturated rings. The van der Waals surface area contributed by atoms with Gasteiger partial charge in [0.1, 0.15) is 0 Å². The second-order valence-corrected chi connectivity index (χ2v) is 11.3. The second-order valence-electron chi connectivity index (χ2n) is 9.48. The molecular formula is C26H28N4O7S. The number of rotatable bonds is 9. The fraction of sp³-hybridized carbons (Fsp3) is 0.385. The maximum absolute atomic E-state index is 13.6. The largest absolute Gasteiger partial charge is 0.385 e. The number of H-pyrrole nitrogens is 2. The molecule has 3 heterocycles. The van der Waals surface area contributed by atoms with Crippen molar-refractivity contribution in [3.05, 3.63) is 68.5 Å². The molecule has 2 aliphatic heterocycles. The molecule has 2 aromatic carbocycles. The van der Waals surface area contributed by atoms with E-state index in [2.05, 4.69) is 4.98 Å². The van der Waals surface area contributed by atoms with E-state index >= 15 is 0 Å². The zero-order chi connectivity index (χ0) is 27.0. The molecule has 1 unspecified atom stereocenters. The number of hydrogen-bond donors (Lipinski definition) is 2. The van der Waals surface area contributed by atoms with Crippen LogP contribution in [0.25, 0.3) is 10.8 Å². The summed E-state index contributed by atoms with van der Waals surface area (Å²) in [5, 5.41) is 1.56. The summed E-state index contributed by atoms with van der Waals surface area (Å²) < 4.78 is 32.9. The van der Waals surface area contributed by atoms with Gasteiger partial charge in [-0.1, -0.05) is 24.6 Å². The summed E-state index contributed by atoms with van der Waals surface area (Å²) in [7, 11) is -2.72. The van der Waals surface area contributed by atoms with E-state index in [-0.39, 0.29) is 24.7 Å². The molecule has 0 bridgehead atoms. The summed E-state index contributed by atoms with van der Waals surface area (Å²) in [5.41, 5.74) is 0.211. The fourth-order valence-corrected chi connectivity index (χ4v) is 7.06. The van der Waals surface area contributed by atoms with E-state index in [0.717, 1.165) is 27.0 Å². The highest BCUT2D eigenvalue weighted by atomic mass is 32.2. The Bertz CT molecular complexity index is 1640. The Morgan fingerprint density at radius 1 is 1.13 bits per heavy atom. The molecule has 3 aromatic rings. The molecule has 0 radical (unpaired) electrons. The van der Waals surface area contributed by atoms with Crippen molar-refractivity contribution in [3.8, 4) is 0 Å². The summed E-state index contributed by atoms with van der Waals surface area (Å²) in [4.78, 5) is 55.5.